The minimum atomic E-state index is -0.412. The molecule has 19 heavy (non-hydrogen) atoms. The number of amidine groups is 1. The Morgan fingerprint density at radius 3 is 2.84 bits per heavy atom. The van der Waals surface area contributed by atoms with Crippen LogP contribution in [0, 0.1) is 6.92 Å². The summed E-state index contributed by atoms with van der Waals surface area (Å²) in [7, 11) is 0. The summed E-state index contributed by atoms with van der Waals surface area (Å²) in [6.07, 6.45) is 1.92. The fourth-order valence-electron chi connectivity index (χ4n) is 1.57. The summed E-state index contributed by atoms with van der Waals surface area (Å²) < 4.78 is 2.77. The SMILES string of the molecule is Cc1c[n+]2nc(/N=C(\[O-])Nc3ccccc3)sc2s1. The summed E-state index contributed by atoms with van der Waals surface area (Å²) in [6, 6.07) is 8.81. The lowest BCUT2D eigenvalue weighted by Gasteiger charge is -2.11. The van der Waals surface area contributed by atoms with E-state index >= 15 is 0 Å². The second kappa shape index (κ2) is 4.94. The van der Waals surface area contributed by atoms with Gasteiger partial charge in [0.1, 0.15) is 0 Å². The zero-order chi connectivity index (χ0) is 13.2. The standard InChI is InChI=1S/C12H10N4OS2/c1-8-7-16-12(18-8)19-11(15-16)14-10(17)13-9-5-3-2-4-6-9/h2-7H,1H3,(H-,13,14,15,17). The first-order valence-corrected chi connectivity index (χ1v) is 7.21. The molecule has 7 heteroatoms. The van der Waals surface area contributed by atoms with Gasteiger partial charge in [0, 0.05) is 10.8 Å². The molecule has 0 radical (unpaired) electrons. The van der Waals surface area contributed by atoms with Crippen LogP contribution in [0.15, 0.2) is 41.5 Å². The zero-order valence-corrected chi connectivity index (χ0v) is 11.7. The van der Waals surface area contributed by atoms with Crippen molar-refractivity contribution in [2.24, 2.45) is 4.99 Å². The lowest BCUT2D eigenvalue weighted by atomic mass is 10.3. The highest BCUT2D eigenvalue weighted by Gasteiger charge is 2.14. The van der Waals surface area contributed by atoms with Crippen molar-refractivity contribution in [3.8, 4) is 0 Å². The lowest BCUT2D eigenvalue weighted by molar-refractivity contribution is -0.571. The summed E-state index contributed by atoms with van der Waals surface area (Å²) in [5, 5.41) is 19.1. The molecule has 3 rings (SSSR count). The Labute approximate surface area is 117 Å². The van der Waals surface area contributed by atoms with Crippen LogP contribution in [0.1, 0.15) is 4.88 Å². The van der Waals surface area contributed by atoms with Gasteiger partial charge in [0.05, 0.1) is 10.9 Å². The highest BCUT2D eigenvalue weighted by atomic mass is 32.2. The average molecular weight is 290 g/mol. The molecule has 96 valence electrons. The van der Waals surface area contributed by atoms with Crippen LogP contribution in [0.5, 0.6) is 0 Å². The average Bonchev–Trinajstić information content (AvgIpc) is 2.86. The molecule has 0 unspecified atom stereocenters. The molecule has 0 fully saturated rings. The van der Waals surface area contributed by atoms with Crippen molar-refractivity contribution in [1.82, 2.24) is 5.10 Å². The first-order chi connectivity index (χ1) is 9.20. The van der Waals surface area contributed by atoms with Gasteiger partial charge in [0.15, 0.2) is 0 Å². The number of nitrogens with one attached hydrogen (secondary N) is 1. The molecule has 0 aliphatic heterocycles. The Morgan fingerprint density at radius 1 is 1.32 bits per heavy atom. The third kappa shape index (κ3) is 2.72. The predicted molar refractivity (Wildman–Crippen MR) is 75.0 cm³/mol. The molecule has 2 heterocycles. The van der Waals surface area contributed by atoms with Crippen LogP contribution in [0.2, 0.25) is 0 Å². The van der Waals surface area contributed by atoms with Crippen molar-refractivity contribution in [2.75, 3.05) is 5.32 Å². The number of aryl methyl sites for hydroxylation is 1. The Balaban J connectivity index is 1.82. The molecule has 0 saturated heterocycles. The smallest absolute Gasteiger partial charge is 0.354 e. The molecule has 0 aliphatic carbocycles. The number of benzene rings is 1. The summed E-state index contributed by atoms with van der Waals surface area (Å²) >= 11 is 3.03. The van der Waals surface area contributed by atoms with Gasteiger partial charge in [0.25, 0.3) is 5.13 Å². The van der Waals surface area contributed by atoms with E-state index in [9.17, 15) is 5.11 Å². The van der Waals surface area contributed by atoms with Gasteiger partial charge in [-0.3, -0.25) is 0 Å². The fourth-order valence-corrected chi connectivity index (χ4v) is 3.57. The topological polar surface area (TPSA) is 64.4 Å². The summed E-state index contributed by atoms with van der Waals surface area (Å²) in [6.45, 7) is 2.02. The van der Waals surface area contributed by atoms with Crippen molar-refractivity contribution in [3.63, 3.8) is 0 Å². The Morgan fingerprint density at radius 2 is 2.11 bits per heavy atom. The number of anilines is 1. The number of aromatic nitrogens is 2. The van der Waals surface area contributed by atoms with Gasteiger partial charge in [-0.05, 0) is 34.9 Å². The van der Waals surface area contributed by atoms with Crippen molar-refractivity contribution in [1.29, 1.82) is 0 Å². The lowest BCUT2D eigenvalue weighted by Crippen LogP contribution is -2.26. The van der Waals surface area contributed by atoms with Gasteiger partial charge in [-0.25, -0.2) is 4.99 Å². The first-order valence-electron chi connectivity index (χ1n) is 5.57. The molecule has 1 N–H and O–H groups in total. The van der Waals surface area contributed by atoms with Crippen LogP contribution in [-0.4, -0.2) is 11.1 Å². The second-order valence-corrected chi connectivity index (χ2v) is 6.29. The van der Waals surface area contributed by atoms with Gasteiger partial charge in [-0.2, -0.15) is 0 Å². The van der Waals surface area contributed by atoms with Gasteiger partial charge in [-0.15, -0.1) is 0 Å². The molecular formula is C12H10N4OS2. The fraction of sp³-hybridized carbons (Fsp3) is 0.0833. The normalized spacial score (nSPS) is 11.9. The number of fused-ring (bicyclic) bond motifs is 1. The van der Waals surface area contributed by atoms with Gasteiger partial charge < -0.3 is 10.4 Å². The Kier molecular flexibility index (Phi) is 3.14. The van der Waals surface area contributed by atoms with E-state index in [4.69, 9.17) is 0 Å². The largest absolute Gasteiger partial charge is 0.846 e. The van der Waals surface area contributed by atoms with Crippen LogP contribution in [0.25, 0.3) is 4.14 Å². The summed E-state index contributed by atoms with van der Waals surface area (Å²) in [5.41, 5.74) is 0.720. The molecule has 3 aromatic rings. The number of thiazole rings is 1. The molecule has 0 aliphatic rings. The highest BCUT2D eigenvalue weighted by Crippen LogP contribution is 2.23. The van der Waals surface area contributed by atoms with Gasteiger partial charge >= 0.3 is 4.14 Å². The van der Waals surface area contributed by atoms with Crippen molar-refractivity contribution >= 4 is 43.7 Å². The quantitative estimate of drug-likeness (QED) is 0.444. The van der Waals surface area contributed by atoms with E-state index in [-0.39, 0.29) is 0 Å². The van der Waals surface area contributed by atoms with Crippen LogP contribution in [0.4, 0.5) is 10.8 Å². The Bertz CT molecular complexity index is 701. The highest BCUT2D eigenvalue weighted by molar-refractivity contribution is 7.36. The minimum Gasteiger partial charge on any atom is -0.846 e. The molecule has 0 saturated carbocycles. The number of hydrogen-bond donors (Lipinski definition) is 1. The first kappa shape index (κ1) is 12.1. The van der Waals surface area contributed by atoms with Crippen LogP contribution >= 0.6 is 22.7 Å². The number of aliphatic imine (C=N–C) groups is 1. The van der Waals surface area contributed by atoms with Crippen molar-refractivity contribution < 1.29 is 9.62 Å². The second-order valence-electron chi connectivity index (χ2n) is 3.84. The van der Waals surface area contributed by atoms with E-state index in [1.54, 1.807) is 15.9 Å². The summed E-state index contributed by atoms with van der Waals surface area (Å²) in [5.74, 6) is 0. The number of rotatable bonds is 2. The van der Waals surface area contributed by atoms with Crippen molar-refractivity contribution in [3.05, 3.63) is 41.4 Å². The van der Waals surface area contributed by atoms with E-state index < -0.39 is 6.02 Å². The molecular weight excluding hydrogens is 280 g/mol. The number of para-hydroxylation sites is 1. The van der Waals surface area contributed by atoms with E-state index in [2.05, 4.69) is 15.4 Å². The monoisotopic (exact) mass is 290 g/mol. The molecule has 1 aromatic carbocycles. The predicted octanol–water partition coefficient (Wildman–Crippen LogP) is 1.71. The minimum absolute atomic E-state index is 0.412. The molecule has 0 bridgehead atoms. The number of nitrogens with zero attached hydrogens (tertiary/aromatic N) is 3. The number of hydrogen-bond acceptors (Lipinski definition) is 5. The van der Waals surface area contributed by atoms with Gasteiger partial charge in [-0.1, -0.05) is 29.5 Å². The maximum absolute atomic E-state index is 11.7. The van der Waals surface area contributed by atoms with Crippen LogP contribution in [-0.2, 0) is 0 Å². The molecule has 5 nitrogen and oxygen atoms in total. The van der Waals surface area contributed by atoms with E-state index in [0.717, 1.165) is 9.83 Å². The molecule has 0 atom stereocenters. The van der Waals surface area contributed by atoms with Gasteiger partial charge in [0.2, 0.25) is 6.20 Å². The third-order valence-electron chi connectivity index (χ3n) is 2.33. The molecule has 2 aromatic heterocycles. The molecule has 0 amide bonds. The molecule has 0 spiro atoms. The van der Waals surface area contributed by atoms with Crippen LogP contribution in [0.3, 0.4) is 0 Å². The van der Waals surface area contributed by atoms with E-state index in [1.165, 1.54) is 16.2 Å². The summed E-state index contributed by atoms with van der Waals surface area (Å²) in [4.78, 5) is 5.12. The maximum Gasteiger partial charge on any atom is 0.354 e. The Hall–Kier alpha value is -1.99. The zero-order valence-electron chi connectivity index (χ0n) is 10.0. The van der Waals surface area contributed by atoms with Crippen molar-refractivity contribution in [2.45, 2.75) is 6.92 Å². The van der Waals surface area contributed by atoms with E-state index in [1.807, 2.05) is 43.5 Å². The third-order valence-corrected chi connectivity index (χ3v) is 4.34. The maximum atomic E-state index is 11.7. The van der Waals surface area contributed by atoms with E-state index in [0.29, 0.717) is 5.13 Å². The van der Waals surface area contributed by atoms with Crippen LogP contribution < -0.4 is 14.9 Å².